The van der Waals surface area contributed by atoms with Crippen molar-refractivity contribution in [1.29, 1.82) is 5.26 Å². The highest BCUT2D eigenvalue weighted by Gasteiger charge is 2.38. The number of nitro groups is 1. The zero-order valence-electron chi connectivity index (χ0n) is 9.45. The summed E-state index contributed by atoms with van der Waals surface area (Å²) in [5, 5.41) is 19.6. The van der Waals surface area contributed by atoms with Gasteiger partial charge in [-0.05, 0) is 28.7 Å². The molecule has 0 fully saturated rings. The summed E-state index contributed by atoms with van der Waals surface area (Å²) >= 11 is 4.05. The molecule has 0 aromatic heterocycles. The molecule has 1 aromatic rings. The van der Waals surface area contributed by atoms with Crippen LogP contribution in [0.3, 0.4) is 0 Å². The van der Waals surface area contributed by atoms with Crippen LogP contribution < -0.4 is 4.74 Å². The standard InChI is InChI=1S/C10H5BrF3IN2O3/c11-8(10(12,13)14)4-20-9-6(15)1-5(3-16)2-7(9)17(18)19/h1-2,8H,4H2. The molecule has 108 valence electrons. The molecule has 0 heterocycles. The fraction of sp³-hybridized carbons (Fsp3) is 0.300. The van der Waals surface area contributed by atoms with Gasteiger partial charge in [0.05, 0.1) is 20.1 Å². The summed E-state index contributed by atoms with van der Waals surface area (Å²) in [6, 6.07) is 3.97. The lowest BCUT2D eigenvalue weighted by atomic mass is 10.2. The normalized spacial score (nSPS) is 12.6. The number of ether oxygens (including phenoxy) is 1. The lowest BCUT2D eigenvalue weighted by Crippen LogP contribution is -2.29. The largest absolute Gasteiger partial charge is 0.485 e. The Bertz CT molecular complexity index is 574. The third-order valence-electron chi connectivity index (χ3n) is 2.08. The maximum absolute atomic E-state index is 12.3. The minimum Gasteiger partial charge on any atom is -0.485 e. The van der Waals surface area contributed by atoms with Gasteiger partial charge in [0.15, 0.2) is 0 Å². The molecule has 0 bridgehead atoms. The van der Waals surface area contributed by atoms with E-state index in [0.717, 1.165) is 6.07 Å². The van der Waals surface area contributed by atoms with E-state index < -0.39 is 28.2 Å². The number of halogens is 5. The van der Waals surface area contributed by atoms with Gasteiger partial charge in [-0.1, -0.05) is 15.9 Å². The van der Waals surface area contributed by atoms with Crippen LogP contribution in [0.4, 0.5) is 18.9 Å². The third kappa shape index (κ3) is 4.20. The summed E-state index contributed by atoms with van der Waals surface area (Å²) in [6.07, 6.45) is -4.52. The van der Waals surface area contributed by atoms with Gasteiger partial charge in [-0.25, -0.2) is 0 Å². The molecule has 1 unspecified atom stereocenters. The molecule has 0 N–H and O–H groups in total. The van der Waals surface area contributed by atoms with Crippen LogP contribution in [0.25, 0.3) is 0 Å². The maximum atomic E-state index is 12.3. The number of rotatable bonds is 4. The second-order valence-electron chi connectivity index (χ2n) is 3.50. The van der Waals surface area contributed by atoms with Gasteiger partial charge in [0.25, 0.3) is 0 Å². The SMILES string of the molecule is N#Cc1cc(I)c(OCC(Br)C(F)(F)F)c([N+](=O)[O-])c1. The van der Waals surface area contributed by atoms with E-state index in [1.807, 2.05) is 0 Å². The van der Waals surface area contributed by atoms with Crippen molar-refractivity contribution in [3.05, 3.63) is 31.4 Å². The first-order chi connectivity index (χ1) is 9.16. The maximum Gasteiger partial charge on any atom is 0.404 e. The molecule has 1 rings (SSSR count). The molecule has 0 aliphatic carbocycles. The van der Waals surface area contributed by atoms with Crippen LogP contribution in [0.15, 0.2) is 12.1 Å². The molecule has 1 aromatic carbocycles. The van der Waals surface area contributed by atoms with Gasteiger partial charge >= 0.3 is 11.9 Å². The molecule has 20 heavy (non-hydrogen) atoms. The first kappa shape index (κ1) is 17.0. The Morgan fingerprint density at radius 3 is 2.60 bits per heavy atom. The quantitative estimate of drug-likeness (QED) is 0.294. The summed E-state index contributed by atoms with van der Waals surface area (Å²) in [5.41, 5.74) is -0.519. The van der Waals surface area contributed by atoms with Crippen LogP contribution in [-0.4, -0.2) is 22.5 Å². The minimum atomic E-state index is -4.52. The van der Waals surface area contributed by atoms with E-state index in [1.54, 1.807) is 28.7 Å². The van der Waals surface area contributed by atoms with Crippen molar-refractivity contribution in [2.75, 3.05) is 6.61 Å². The Morgan fingerprint density at radius 1 is 1.55 bits per heavy atom. The number of hydrogen-bond acceptors (Lipinski definition) is 4. The zero-order valence-corrected chi connectivity index (χ0v) is 13.2. The van der Waals surface area contributed by atoms with Crippen molar-refractivity contribution < 1.29 is 22.8 Å². The van der Waals surface area contributed by atoms with E-state index in [0.29, 0.717) is 0 Å². The van der Waals surface area contributed by atoms with Crippen molar-refractivity contribution in [3.63, 3.8) is 0 Å². The molecule has 0 spiro atoms. The molecule has 0 aliphatic heterocycles. The predicted molar refractivity (Wildman–Crippen MR) is 74.8 cm³/mol. The lowest BCUT2D eigenvalue weighted by Gasteiger charge is -2.15. The number of nitriles is 1. The van der Waals surface area contributed by atoms with Crippen LogP contribution >= 0.6 is 38.5 Å². The van der Waals surface area contributed by atoms with Crippen LogP contribution in [0.5, 0.6) is 5.75 Å². The summed E-state index contributed by atoms with van der Waals surface area (Å²) in [7, 11) is 0. The number of nitrogens with zero attached hydrogens (tertiary/aromatic N) is 2. The number of benzene rings is 1. The Balaban J connectivity index is 3.07. The monoisotopic (exact) mass is 464 g/mol. The molecule has 10 heteroatoms. The van der Waals surface area contributed by atoms with E-state index in [-0.39, 0.29) is 14.9 Å². The highest BCUT2D eigenvalue weighted by atomic mass is 127. The van der Waals surface area contributed by atoms with Gasteiger partial charge in [0.1, 0.15) is 11.4 Å². The first-order valence-corrected chi connectivity index (χ1v) is 6.88. The molecule has 0 amide bonds. The van der Waals surface area contributed by atoms with Gasteiger partial charge in [0.2, 0.25) is 5.75 Å². The van der Waals surface area contributed by atoms with Crippen LogP contribution in [0, 0.1) is 25.0 Å². The smallest absolute Gasteiger partial charge is 0.404 e. The van der Waals surface area contributed by atoms with Crippen molar-refractivity contribution in [3.8, 4) is 11.8 Å². The molecule has 5 nitrogen and oxygen atoms in total. The van der Waals surface area contributed by atoms with E-state index in [4.69, 9.17) is 10.00 Å². The van der Waals surface area contributed by atoms with Gasteiger partial charge in [-0.2, -0.15) is 18.4 Å². The molecule has 1 atom stereocenters. The number of nitro benzene ring substituents is 1. The fourth-order valence-corrected chi connectivity index (χ4v) is 2.07. The number of hydrogen-bond donors (Lipinski definition) is 0. The van der Waals surface area contributed by atoms with Crippen molar-refractivity contribution in [2.45, 2.75) is 11.0 Å². The van der Waals surface area contributed by atoms with E-state index in [2.05, 4.69) is 15.9 Å². The molecule has 0 saturated heterocycles. The summed E-state index contributed by atoms with van der Waals surface area (Å²) in [5.74, 6) is -0.289. The number of alkyl halides is 4. The zero-order chi connectivity index (χ0) is 15.5. The third-order valence-corrected chi connectivity index (χ3v) is 3.66. The predicted octanol–water partition coefficient (Wildman–Crippen LogP) is 3.78. The molecule has 0 saturated carbocycles. The van der Waals surface area contributed by atoms with E-state index in [1.165, 1.54) is 6.07 Å². The molecule has 0 radical (unpaired) electrons. The minimum absolute atomic E-state index is 0.0275. The summed E-state index contributed by atoms with van der Waals surface area (Å²) in [6.45, 7) is -0.813. The topological polar surface area (TPSA) is 76.2 Å². The molecule has 0 aliphatic rings. The van der Waals surface area contributed by atoms with Crippen LogP contribution in [0.1, 0.15) is 5.56 Å². The fourth-order valence-electron chi connectivity index (χ4n) is 1.17. The Hall–Kier alpha value is -1.09. The van der Waals surface area contributed by atoms with Crippen molar-refractivity contribution >= 4 is 44.2 Å². The van der Waals surface area contributed by atoms with Gasteiger partial charge in [0, 0.05) is 6.07 Å². The summed E-state index contributed by atoms with van der Waals surface area (Å²) < 4.78 is 42.1. The van der Waals surface area contributed by atoms with Crippen LogP contribution in [0.2, 0.25) is 0 Å². The van der Waals surface area contributed by atoms with Gasteiger partial charge in [-0.15, -0.1) is 0 Å². The van der Waals surface area contributed by atoms with Gasteiger partial charge in [-0.3, -0.25) is 10.1 Å². The Labute approximate surface area is 133 Å². The van der Waals surface area contributed by atoms with E-state index in [9.17, 15) is 23.3 Å². The molecular weight excluding hydrogens is 460 g/mol. The first-order valence-electron chi connectivity index (χ1n) is 4.88. The average molecular weight is 465 g/mol. The molecular formula is C10H5BrF3IN2O3. The highest BCUT2D eigenvalue weighted by Crippen LogP contribution is 2.35. The Morgan fingerprint density at radius 2 is 2.15 bits per heavy atom. The Kier molecular flexibility index (Phi) is 5.58. The van der Waals surface area contributed by atoms with Crippen molar-refractivity contribution in [2.24, 2.45) is 0 Å². The summed E-state index contributed by atoms with van der Waals surface area (Å²) in [4.78, 5) is 8.11. The second-order valence-corrected chi connectivity index (χ2v) is 5.76. The second kappa shape index (κ2) is 6.57. The van der Waals surface area contributed by atoms with Gasteiger partial charge < -0.3 is 4.74 Å². The lowest BCUT2D eigenvalue weighted by molar-refractivity contribution is -0.386. The average Bonchev–Trinajstić information content (AvgIpc) is 2.34. The van der Waals surface area contributed by atoms with E-state index >= 15 is 0 Å². The highest BCUT2D eigenvalue weighted by molar-refractivity contribution is 14.1. The van der Waals surface area contributed by atoms with Crippen molar-refractivity contribution in [1.82, 2.24) is 0 Å². The van der Waals surface area contributed by atoms with Crippen LogP contribution in [-0.2, 0) is 0 Å².